The molecule has 1 atom stereocenters. The first-order valence-electron chi connectivity index (χ1n) is 7.11. The van der Waals surface area contributed by atoms with Crippen LogP contribution < -0.4 is 0 Å². The average molecular weight is 286 g/mol. The van der Waals surface area contributed by atoms with Gasteiger partial charge in [0.1, 0.15) is 0 Å². The van der Waals surface area contributed by atoms with E-state index in [-0.39, 0.29) is 5.92 Å². The van der Waals surface area contributed by atoms with Gasteiger partial charge in [-0.05, 0) is 48.5 Å². The van der Waals surface area contributed by atoms with Gasteiger partial charge in [0.2, 0.25) is 6.29 Å². The molecule has 0 radical (unpaired) electrons. The molecule has 0 saturated heterocycles. The third kappa shape index (κ3) is 11.2. The van der Waals surface area contributed by atoms with E-state index < -0.39 is 17.5 Å². The summed E-state index contributed by atoms with van der Waals surface area (Å²) < 4.78 is 0. The van der Waals surface area contributed by atoms with Gasteiger partial charge >= 0.3 is 0 Å². The minimum absolute atomic E-state index is 0.165. The molecule has 0 aliphatic carbocycles. The van der Waals surface area contributed by atoms with Crippen molar-refractivity contribution in [2.75, 3.05) is 0 Å². The maximum Gasteiger partial charge on any atom is 0.237 e. The summed E-state index contributed by atoms with van der Waals surface area (Å²) in [7, 11) is 0. The molecule has 118 valence electrons. The molecule has 0 spiro atoms. The van der Waals surface area contributed by atoms with Crippen molar-refractivity contribution < 1.29 is 19.6 Å². The second-order valence-corrected chi connectivity index (χ2v) is 7.18. The van der Waals surface area contributed by atoms with Crippen molar-refractivity contribution >= 4 is 0 Å². The third-order valence-electron chi connectivity index (χ3n) is 1.79. The van der Waals surface area contributed by atoms with Crippen LogP contribution in [0.4, 0.5) is 0 Å². The first kappa shape index (κ1) is 19.4. The highest BCUT2D eigenvalue weighted by Crippen LogP contribution is 2.18. The highest BCUT2D eigenvalue weighted by Gasteiger charge is 2.25. The van der Waals surface area contributed by atoms with E-state index >= 15 is 0 Å². The number of hydrogen-bond acceptors (Lipinski definition) is 4. The van der Waals surface area contributed by atoms with Crippen molar-refractivity contribution in [2.45, 2.75) is 79.8 Å². The van der Waals surface area contributed by atoms with Crippen molar-refractivity contribution in [1.29, 1.82) is 0 Å². The summed E-state index contributed by atoms with van der Waals surface area (Å²) in [4.78, 5) is 21.3. The normalized spacial score (nSPS) is 14.3. The zero-order chi connectivity index (χ0) is 16.0. The summed E-state index contributed by atoms with van der Waals surface area (Å²) >= 11 is 0. The maximum absolute atomic E-state index is 5.35. The van der Waals surface area contributed by atoms with Crippen molar-refractivity contribution in [3.05, 3.63) is 0 Å². The Balaban J connectivity index is 4.66. The Morgan fingerprint density at radius 2 is 1.10 bits per heavy atom. The highest BCUT2D eigenvalue weighted by molar-refractivity contribution is 5.05. The Morgan fingerprint density at radius 3 is 1.40 bits per heavy atom. The van der Waals surface area contributed by atoms with Gasteiger partial charge in [0.15, 0.2) is 0 Å². The lowest BCUT2D eigenvalue weighted by atomic mass is 10.1. The van der Waals surface area contributed by atoms with E-state index in [2.05, 4.69) is 11.8 Å². The second-order valence-electron chi connectivity index (χ2n) is 7.18. The van der Waals surface area contributed by atoms with Gasteiger partial charge < -0.3 is 0 Å². The van der Waals surface area contributed by atoms with Crippen LogP contribution >= 0.6 is 0 Å². The van der Waals surface area contributed by atoms with E-state index in [0.29, 0.717) is 5.92 Å². The Morgan fingerprint density at radius 1 is 0.700 bits per heavy atom. The Hall–Kier alpha value is -0.600. The largest absolute Gasteiger partial charge is 0.237 e. The van der Waals surface area contributed by atoms with Crippen LogP contribution in [0.25, 0.3) is 0 Å². The van der Waals surface area contributed by atoms with Gasteiger partial charge in [-0.25, -0.2) is 9.78 Å². The van der Waals surface area contributed by atoms with Gasteiger partial charge in [0, 0.05) is 5.92 Å². The van der Waals surface area contributed by atoms with Crippen molar-refractivity contribution in [1.82, 2.24) is 0 Å². The minimum Gasteiger partial charge on any atom is -0.228 e. The van der Waals surface area contributed by atoms with E-state index in [9.17, 15) is 0 Å². The highest BCUT2D eigenvalue weighted by atomic mass is 17.3. The third-order valence-corrected chi connectivity index (χ3v) is 1.79. The molecule has 0 aromatic rings. The first-order valence-corrected chi connectivity index (χ1v) is 7.11. The lowest BCUT2D eigenvalue weighted by Crippen LogP contribution is -2.33. The predicted octanol–water partition coefficient (Wildman–Crippen LogP) is 4.10. The van der Waals surface area contributed by atoms with Crippen LogP contribution in [0.2, 0.25) is 0 Å². The molecular weight excluding hydrogens is 256 g/mol. The molecular formula is C16H30O4. The fraction of sp³-hybridized carbons (Fsp3) is 0.875. The molecule has 0 heterocycles. The zero-order valence-corrected chi connectivity index (χ0v) is 14.4. The predicted molar refractivity (Wildman–Crippen MR) is 79.4 cm³/mol. The lowest BCUT2D eigenvalue weighted by molar-refractivity contribution is -0.502. The molecule has 0 N–H and O–H groups in total. The molecule has 0 saturated carbocycles. The number of rotatable bonds is 5. The summed E-state index contributed by atoms with van der Waals surface area (Å²) in [6.45, 7) is 17.4. The molecule has 0 aromatic heterocycles. The van der Waals surface area contributed by atoms with E-state index in [1.807, 2.05) is 62.3 Å². The van der Waals surface area contributed by atoms with Gasteiger partial charge in [0.05, 0.1) is 17.1 Å². The smallest absolute Gasteiger partial charge is 0.228 e. The molecule has 20 heavy (non-hydrogen) atoms. The van der Waals surface area contributed by atoms with E-state index in [4.69, 9.17) is 19.6 Å². The summed E-state index contributed by atoms with van der Waals surface area (Å²) in [5.74, 6) is 6.33. The lowest BCUT2D eigenvalue weighted by Gasteiger charge is -2.27. The molecule has 0 aromatic carbocycles. The van der Waals surface area contributed by atoms with Gasteiger partial charge in [-0.2, -0.15) is 9.78 Å². The monoisotopic (exact) mass is 286 g/mol. The minimum atomic E-state index is -0.695. The van der Waals surface area contributed by atoms with E-state index in [1.165, 1.54) is 0 Å². The Labute approximate surface area is 124 Å². The fourth-order valence-electron chi connectivity index (χ4n) is 0.932. The average Bonchev–Trinajstić information content (AvgIpc) is 2.22. The molecule has 4 nitrogen and oxygen atoms in total. The second kappa shape index (κ2) is 7.99. The van der Waals surface area contributed by atoms with E-state index in [0.717, 1.165) is 0 Å². The van der Waals surface area contributed by atoms with Gasteiger partial charge in [0.25, 0.3) is 0 Å². The van der Waals surface area contributed by atoms with Crippen LogP contribution in [-0.2, 0) is 19.6 Å². The molecule has 4 heteroatoms. The van der Waals surface area contributed by atoms with Gasteiger partial charge in [-0.1, -0.05) is 19.8 Å². The van der Waals surface area contributed by atoms with E-state index in [1.54, 1.807) is 0 Å². The summed E-state index contributed by atoms with van der Waals surface area (Å²) in [6.07, 6.45) is -0.695. The quantitative estimate of drug-likeness (QED) is 0.330. The molecule has 0 rings (SSSR count). The summed E-state index contributed by atoms with van der Waals surface area (Å²) in [6, 6.07) is 0. The van der Waals surface area contributed by atoms with Crippen LogP contribution in [0.5, 0.6) is 0 Å². The summed E-state index contributed by atoms with van der Waals surface area (Å²) in [5.41, 5.74) is -0.844. The number of hydrogen-bond donors (Lipinski definition) is 0. The molecule has 0 amide bonds. The fourth-order valence-corrected chi connectivity index (χ4v) is 0.932. The van der Waals surface area contributed by atoms with Crippen LogP contribution in [0.15, 0.2) is 0 Å². The molecule has 0 aliphatic rings. The van der Waals surface area contributed by atoms with Crippen LogP contribution in [-0.4, -0.2) is 17.5 Å². The van der Waals surface area contributed by atoms with Crippen molar-refractivity contribution in [3.63, 3.8) is 0 Å². The van der Waals surface area contributed by atoms with Gasteiger partial charge in [-0.15, -0.1) is 5.92 Å². The SMILES string of the molecule is CC(C)C#CC(C)C(OOC(C)(C)C)OOC(C)(C)C. The zero-order valence-electron chi connectivity index (χ0n) is 14.4. The topological polar surface area (TPSA) is 36.9 Å². The Kier molecular flexibility index (Phi) is 7.75. The van der Waals surface area contributed by atoms with Crippen molar-refractivity contribution in [3.8, 4) is 11.8 Å². The maximum atomic E-state index is 5.35. The van der Waals surface area contributed by atoms with Crippen LogP contribution in [0, 0.1) is 23.7 Å². The standard InChI is InChI=1S/C16H30O4/c1-12(2)10-11-13(3)14(17-19-15(4,5)6)18-20-16(7,8)9/h12-14H,1-9H3. The van der Waals surface area contributed by atoms with Crippen molar-refractivity contribution in [2.24, 2.45) is 11.8 Å². The van der Waals surface area contributed by atoms with Crippen LogP contribution in [0.1, 0.15) is 62.3 Å². The van der Waals surface area contributed by atoms with Gasteiger partial charge in [-0.3, -0.25) is 0 Å². The van der Waals surface area contributed by atoms with Crippen LogP contribution in [0.3, 0.4) is 0 Å². The Bertz CT molecular complexity index is 307. The molecule has 0 fully saturated rings. The molecule has 1 unspecified atom stereocenters. The molecule has 0 aliphatic heterocycles. The summed E-state index contributed by atoms with van der Waals surface area (Å²) in [5, 5.41) is 0. The first-order chi connectivity index (χ1) is 8.91. The molecule has 0 bridgehead atoms.